The molecule has 140 valence electrons. The molecule has 0 saturated heterocycles. The van der Waals surface area contributed by atoms with Crippen LogP contribution in [0.15, 0.2) is 66.7 Å². The Bertz CT molecular complexity index is 902. The lowest BCUT2D eigenvalue weighted by Gasteiger charge is -2.22. The molecule has 0 aliphatic carbocycles. The molecule has 0 radical (unpaired) electrons. The van der Waals surface area contributed by atoms with Crippen LogP contribution in [0.3, 0.4) is 0 Å². The third-order valence-electron chi connectivity index (χ3n) is 4.64. The van der Waals surface area contributed by atoms with Gasteiger partial charge in [0.15, 0.2) is 0 Å². The third kappa shape index (κ3) is 5.08. The van der Waals surface area contributed by atoms with Crippen molar-refractivity contribution in [3.05, 3.63) is 72.3 Å². The minimum atomic E-state index is 0.00439. The largest absolute Gasteiger partial charge is 0.508 e. The Kier molecular flexibility index (Phi) is 6.44. The maximum Gasteiger partial charge on any atom is 0.225 e. The van der Waals surface area contributed by atoms with E-state index in [2.05, 4.69) is 17.1 Å². The van der Waals surface area contributed by atoms with Crippen molar-refractivity contribution in [3.63, 3.8) is 0 Å². The molecule has 0 bridgehead atoms. The minimum absolute atomic E-state index is 0.00439. The summed E-state index contributed by atoms with van der Waals surface area (Å²) in [6.45, 7) is 4.30. The number of anilines is 1. The number of hydrogen-bond acceptors (Lipinski definition) is 3. The van der Waals surface area contributed by atoms with Gasteiger partial charge in [0.05, 0.1) is 0 Å². The van der Waals surface area contributed by atoms with E-state index in [1.807, 2.05) is 60.7 Å². The second kappa shape index (κ2) is 9.19. The number of carbonyl (C=O) groups excluding carboxylic acids is 1. The van der Waals surface area contributed by atoms with Crippen LogP contribution in [0.5, 0.6) is 5.75 Å². The molecule has 0 aromatic heterocycles. The summed E-state index contributed by atoms with van der Waals surface area (Å²) in [5.74, 6) is 0.309. The fourth-order valence-electron chi connectivity index (χ4n) is 3.28. The van der Waals surface area contributed by atoms with Crippen LogP contribution >= 0.6 is 0 Å². The van der Waals surface area contributed by atoms with Gasteiger partial charge in [0.1, 0.15) is 5.75 Å². The SMILES string of the molecule is CCCN(CCC(=O)Nc1cccc2ccccc12)Cc1ccccc1O. The van der Waals surface area contributed by atoms with Gasteiger partial charge in [-0.05, 0) is 30.5 Å². The predicted molar refractivity (Wildman–Crippen MR) is 111 cm³/mol. The summed E-state index contributed by atoms with van der Waals surface area (Å²) in [5.41, 5.74) is 1.74. The molecule has 4 nitrogen and oxygen atoms in total. The lowest BCUT2D eigenvalue weighted by molar-refractivity contribution is -0.116. The van der Waals surface area contributed by atoms with Crippen molar-refractivity contribution in [2.24, 2.45) is 0 Å². The van der Waals surface area contributed by atoms with Crippen molar-refractivity contribution < 1.29 is 9.90 Å². The molecule has 0 atom stereocenters. The summed E-state index contributed by atoms with van der Waals surface area (Å²) >= 11 is 0. The monoisotopic (exact) mass is 362 g/mol. The van der Waals surface area contributed by atoms with Gasteiger partial charge in [-0.3, -0.25) is 9.69 Å². The van der Waals surface area contributed by atoms with E-state index >= 15 is 0 Å². The van der Waals surface area contributed by atoms with Crippen molar-refractivity contribution >= 4 is 22.4 Å². The number of nitrogens with zero attached hydrogens (tertiary/aromatic N) is 1. The number of benzene rings is 3. The molecule has 3 rings (SSSR count). The zero-order valence-electron chi connectivity index (χ0n) is 15.7. The summed E-state index contributed by atoms with van der Waals surface area (Å²) in [4.78, 5) is 14.7. The standard InChI is InChI=1S/C23H26N2O2/c1-2-15-25(17-19-9-4-6-13-22(19)26)16-14-23(27)24-21-12-7-10-18-8-3-5-11-20(18)21/h3-13,26H,2,14-17H2,1H3,(H,24,27). The Morgan fingerprint density at radius 2 is 1.70 bits per heavy atom. The van der Waals surface area contributed by atoms with E-state index in [9.17, 15) is 9.90 Å². The van der Waals surface area contributed by atoms with Crippen LogP contribution in [0, 0.1) is 0 Å². The van der Waals surface area contributed by atoms with Gasteiger partial charge in [-0.2, -0.15) is 0 Å². The second-order valence-corrected chi connectivity index (χ2v) is 6.73. The van der Waals surface area contributed by atoms with Gasteiger partial charge in [-0.25, -0.2) is 0 Å². The van der Waals surface area contributed by atoms with Crippen molar-refractivity contribution in [3.8, 4) is 5.75 Å². The number of phenols is 1. The van der Waals surface area contributed by atoms with Gasteiger partial charge in [0.25, 0.3) is 0 Å². The first kappa shape index (κ1) is 18.9. The summed E-state index contributed by atoms with van der Waals surface area (Å²) in [5, 5.41) is 15.2. The molecule has 27 heavy (non-hydrogen) atoms. The summed E-state index contributed by atoms with van der Waals surface area (Å²) in [7, 11) is 0. The van der Waals surface area contributed by atoms with Crippen molar-refractivity contribution in [2.75, 3.05) is 18.4 Å². The fourth-order valence-corrected chi connectivity index (χ4v) is 3.28. The number of amides is 1. The zero-order valence-corrected chi connectivity index (χ0v) is 15.7. The van der Waals surface area contributed by atoms with Gasteiger partial charge in [-0.15, -0.1) is 0 Å². The van der Waals surface area contributed by atoms with Crippen LogP contribution in [0.4, 0.5) is 5.69 Å². The van der Waals surface area contributed by atoms with Gasteiger partial charge < -0.3 is 10.4 Å². The van der Waals surface area contributed by atoms with E-state index in [-0.39, 0.29) is 5.91 Å². The van der Waals surface area contributed by atoms with Crippen LogP contribution in [0.25, 0.3) is 10.8 Å². The number of para-hydroxylation sites is 1. The zero-order chi connectivity index (χ0) is 19.1. The minimum Gasteiger partial charge on any atom is -0.508 e. The first-order valence-corrected chi connectivity index (χ1v) is 9.44. The quantitative estimate of drug-likeness (QED) is 0.606. The van der Waals surface area contributed by atoms with Crippen LogP contribution in [0.2, 0.25) is 0 Å². The Morgan fingerprint density at radius 3 is 2.52 bits per heavy atom. The highest BCUT2D eigenvalue weighted by Gasteiger charge is 2.11. The molecule has 4 heteroatoms. The van der Waals surface area contributed by atoms with Gasteiger partial charge >= 0.3 is 0 Å². The van der Waals surface area contributed by atoms with Crippen molar-refractivity contribution in [2.45, 2.75) is 26.3 Å². The molecule has 0 unspecified atom stereocenters. The number of fused-ring (bicyclic) bond motifs is 1. The molecule has 0 aliphatic heterocycles. The van der Waals surface area contributed by atoms with Gasteiger partial charge in [0.2, 0.25) is 5.91 Å². The predicted octanol–water partition coefficient (Wildman–Crippen LogP) is 4.79. The van der Waals surface area contributed by atoms with E-state index in [1.54, 1.807) is 6.07 Å². The van der Waals surface area contributed by atoms with Crippen LogP contribution in [0.1, 0.15) is 25.3 Å². The van der Waals surface area contributed by atoms with E-state index in [0.29, 0.717) is 25.3 Å². The molecular weight excluding hydrogens is 336 g/mol. The summed E-state index contributed by atoms with van der Waals surface area (Å²) < 4.78 is 0. The Hall–Kier alpha value is -2.85. The number of nitrogens with one attached hydrogen (secondary N) is 1. The number of rotatable bonds is 8. The number of aromatic hydroxyl groups is 1. The Morgan fingerprint density at radius 1 is 0.963 bits per heavy atom. The van der Waals surface area contributed by atoms with E-state index < -0.39 is 0 Å². The average molecular weight is 362 g/mol. The lowest BCUT2D eigenvalue weighted by Crippen LogP contribution is -2.28. The number of hydrogen-bond donors (Lipinski definition) is 2. The highest BCUT2D eigenvalue weighted by molar-refractivity contribution is 6.02. The topological polar surface area (TPSA) is 52.6 Å². The highest BCUT2D eigenvalue weighted by atomic mass is 16.3. The molecule has 2 N–H and O–H groups in total. The molecule has 3 aromatic carbocycles. The smallest absolute Gasteiger partial charge is 0.225 e. The summed E-state index contributed by atoms with van der Waals surface area (Å²) in [6, 6.07) is 21.3. The highest BCUT2D eigenvalue weighted by Crippen LogP contribution is 2.23. The molecule has 0 fully saturated rings. The first-order chi connectivity index (χ1) is 13.2. The first-order valence-electron chi connectivity index (χ1n) is 9.44. The number of carbonyl (C=O) groups is 1. The molecule has 3 aromatic rings. The maximum atomic E-state index is 12.5. The van der Waals surface area contributed by atoms with E-state index in [4.69, 9.17) is 0 Å². The number of phenolic OH excluding ortho intramolecular Hbond substituents is 1. The van der Waals surface area contributed by atoms with Crippen LogP contribution < -0.4 is 5.32 Å². The van der Waals surface area contributed by atoms with Crippen LogP contribution in [-0.4, -0.2) is 29.0 Å². The van der Waals surface area contributed by atoms with Crippen molar-refractivity contribution in [1.29, 1.82) is 0 Å². The normalized spacial score (nSPS) is 11.0. The van der Waals surface area contributed by atoms with Crippen molar-refractivity contribution in [1.82, 2.24) is 4.90 Å². The molecule has 0 aliphatic rings. The fraction of sp³-hybridized carbons (Fsp3) is 0.261. The maximum absolute atomic E-state index is 12.5. The molecular formula is C23H26N2O2. The van der Waals surface area contributed by atoms with E-state index in [0.717, 1.165) is 35.0 Å². The summed E-state index contributed by atoms with van der Waals surface area (Å²) in [6.07, 6.45) is 1.41. The second-order valence-electron chi connectivity index (χ2n) is 6.73. The van der Waals surface area contributed by atoms with E-state index in [1.165, 1.54) is 0 Å². The van der Waals surface area contributed by atoms with Gasteiger partial charge in [-0.1, -0.05) is 61.5 Å². The third-order valence-corrected chi connectivity index (χ3v) is 4.64. The molecule has 0 spiro atoms. The molecule has 1 amide bonds. The average Bonchev–Trinajstić information content (AvgIpc) is 2.68. The Balaban J connectivity index is 1.61. The molecule has 0 saturated carbocycles. The molecule has 0 heterocycles. The Labute approximate surface area is 160 Å². The lowest BCUT2D eigenvalue weighted by atomic mass is 10.1. The van der Waals surface area contributed by atoms with Gasteiger partial charge in [0, 0.05) is 36.1 Å². The van der Waals surface area contributed by atoms with Crippen LogP contribution in [-0.2, 0) is 11.3 Å².